The van der Waals surface area contributed by atoms with Gasteiger partial charge in [-0.15, -0.1) is 6.58 Å². The summed E-state index contributed by atoms with van der Waals surface area (Å²) in [7, 11) is 0. The van der Waals surface area contributed by atoms with E-state index in [1.165, 1.54) is 11.6 Å². The van der Waals surface area contributed by atoms with Gasteiger partial charge < -0.3 is 56.2 Å². The van der Waals surface area contributed by atoms with Crippen molar-refractivity contribution in [1.82, 2.24) is 0 Å². The van der Waals surface area contributed by atoms with Gasteiger partial charge in [0.15, 0.2) is 0 Å². The Hall–Kier alpha value is -1.22. The fourth-order valence-corrected chi connectivity index (χ4v) is 10.1. The van der Waals surface area contributed by atoms with Gasteiger partial charge >= 0.3 is 0 Å². The molecule has 11 N–H and O–H groups in total. The zero-order valence-corrected chi connectivity index (χ0v) is 48.1. The van der Waals surface area contributed by atoms with Crippen LogP contribution in [0.5, 0.6) is 0 Å². The standard InChI is InChI=1S/C60H116O11/c1-15-51(5,62)30-17-27-49(4)28-29-50(61)60(14,71)47-25-46-59(13,70)45-24-44-58(12,69)43-23-42-57(11,68)41-22-40-56(10,67)39-21-38-55(9,66)37-20-36-54(8,65)35-19-34-53(7,64)33-18-32-52(6,63)31-16-26-48(2)3/h15,26-27,50,61-71H,1,16-25,28-47H2,2-14H3/b49-27+/t50-,51-,52-,53-,54-,55-,56-,57-,58-,59-,60-/m1/s1. The van der Waals surface area contributed by atoms with Crippen molar-refractivity contribution in [3.8, 4) is 0 Å². The van der Waals surface area contributed by atoms with Crippen molar-refractivity contribution in [3.05, 3.63) is 36.0 Å². The monoisotopic (exact) mass is 1010 g/mol. The lowest BCUT2D eigenvalue weighted by Gasteiger charge is -2.32. The number of rotatable bonds is 43. The van der Waals surface area contributed by atoms with Gasteiger partial charge in [0.05, 0.1) is 62.1 Å². The van der Waals surface area contributed by atoms with Crippen molar-refractivity contribution in [2.75, 3.05) is 0 Å². The first-order valence-corrected chi connectivity index (χ1v) is 28.0. The molecule has 0 aliphatic carbocycles. The van der Waals surface area contributed by atoms with E-state index in [0.29, 0.717) is 180 Å². The molecule has 0 amide bonds. The highest BCUT2D eigenvalue weighted by molar-refractivity contribution is 5.02. The highest BCUT2D eigenvalue weighted by Crippen LogP contribution is 2.34. The van der Waals surface area contributed by atoms with Crippen LogP contribution in [0, 0.1) is 0 Å². The third-order valence-electron chi connectivity index (χ3n) is 15.8. The summed E-state index contributed by atoms with van der Waals surface area (Å²) in [6, 6.07) is 0. The van der Waals surface area contributed by atoms with E-state index in [1.807, 2.05) is 48.5 Å². The molecule has 0 saturated heterocycles. The predicted octanol–water partition coefficient (Wildman–Crippen LogP) is 11.7. The maximum atomic E-state index is 11.2. The SMILES string of the molecule is C=C[C@@](C)(O)CC/C=C(\C)CC[C@@H](O)[C@](C)(O)CCC[C@](C)(O)CCC[C@](C)(O)CCC[C@](C)(O)CCC[C@](C)(O)CCC[C@](C)(O)CCC[C@](C)(O)CCC[C@](C)(O)CCC[C@](C)(O)CCC=C(C)C. The first-order chi connectivity index (χ1) is 32.2. The van der Waals surface area contributed by atoms with Gasteiger partial charge in [-0.1, -0.05) is 29.4 Å². The van der Waals surface area contributed by atoms with Crippen LogP contribution in [0.25, 0.3) is 0 Å². The van der Waals surface area contributed by atoms with Crippen LogP contribution in [0.4, 0.5) is 0 Å². The molecule has 0 aromatic heterocycles. The molecule has 0 bridgehead atoms. The van der Waals surface area contributed by atoms with E-state index in [2.05, 4.69) is 32.6 Å². The molecule has 71 heavy (non-hydrogen) atoms. The lowest BCUT2D eigenvalue weighted by molar-refractivity contribution is -0.0746. The smallest absolute Gasteiger partial charge is 0.0877 e. The molecule has 0 aliphatic rings. The average Bonchev–Trinajstić information content (AvgIpc) is 3.18. The fourth-order valence-electron chi connectivity index (χ4n) is 10.1. The number of hydrogen-bond acceptors (Lipinski definition) is 11. The van der Waals surface area contributed by atoms with Gasteiger partial charge in [-0.05, 0) is 283 Å². The number of aliphatic hydroxyl groups is 11. The Bertz CT molecular complexity index is 1510. The molecule has 11 nitrogen and oxygen atoms in total. The maximum Gasteiger partial charge on any atom is 0.0877 e. The first-order valence-electron chi connectivity index (χ1n) is 28.0. The maximum absolute atomic E-state index is 11.2. The van der Waals surface area contributed by atoms with E-state index in [4.69, 9.17) is 0 Å². The molecule has 0 aromatic rings. The number of allylic oxidation sites excluding steroid dienone is 4. The molecule has 0 heterocycles. The quantitative estimate of drug-likeness (QED) is 0.0258. The van der Waals surface area contributed by atoms with Gasteiger partial charge in [-0.2, -0.15) is 0 Å². The van der Waals surface area contributed by atoms with Gasteiger partial charge in [-0.3, -0.25) is 0 Å². The van der Waals surface area contributed by atoms with Crippen LogP contribution in [0.15, 0.2) is 36.0 Å². The van der Waals surface area contributed by atoms with Gasteiger partial charge in [0.1, 0.15) is 0 Å². The second kappa shape index (κ2) is 31.1. The van der Waals surface area contributed by atoms with Crippen LogP contribution in [-0.2, 0) is 0 Å². The molecule has 0 aromatic carbocycles. The predicted molar refractivity (Wildman–Crippen MR) is 294 cm³/mol. The molecule has 0 radical (unpaired) electrons. The van der Waals surface area contributed by atoms with Gasteiger partial charge in [0.25, 0.3) is 0 Å². The average molecular weight is 1010 g/mol. The highest BCUT2D eigenvalue weighted by Gasteiger charge is 2.33. The van der Waals surface area contributed by atoms with E-state index in [1.54, 1.807) is 27.7 Å². The summed E-state index contributed by atoms with van der Waals surface area (Å²) in [6.45, 7) is 27.7. The van der Waals surface area contributed by atoms with E-state index >= 15 is 0 Å². The summed E-state index contributed by atoms with van der Waals surface area (Å²) in [5.74, 6) is 0. The van der Waals surface area contributed by atoms with Crippen LogP contribution in [-0.4, -0.2) is 118 Å². The highest BCUT2D eigenvalue weighted by atomic mass is 16.3. The van der Waals surface area contributed by atoms with Gasteiger partial charge in [0.2, 0.25) is 0 Å². The zero-order chi connectivity index (χ0) is 55.1. The number of aliphatic hydroxyl groups excluding tert-OH is 1. The molecular formula is C60H116O11. The van der Waals surface area contributed by atoms with Crippen LogP contribution in [0.3, 0.4) is 0 Å². The lowest BCUT2D eigenvalue weighted by atomic mass is 9.83. The Labute approximate surface area is 435 Å². The summed E-state index contributed by atoms with van der Waals surface area (Å²) >= 11 is 0. The minimum Gasteiger partial charge on any atom is -0.390 e. The van der Waals surface area contributed by atoms with Crippen molar-refractivity contribution < 1.29 is 56.2 Å². The third-order valence-corrected chi connectivity index (χ3v) is 15.8. The van der Waals surface area contributed by atoms with Crippen molar-refractivity contribution >= 4 is 0 Å². The van der Waals surface area contributed by atoms with Crippen molar-refractivity contribution in [3.63, 3.8) is 0 Å². The Kier molecular flexibility index (Phi) is 30.6. The van der Waals surface area contributed by atoms with Crippen molar-refractivity contribution in [2.45, 2.75) is 345 Å². The molecule has 0 unspecified atom stereocenters. The Morgan fingerprint density at radius 2 is 0.606 bits per heavy atom. The third kappa shape index (κ3) is 37.2. The Morgan fingerprint density at radius 3 is 0.859 bits per heavy atom. The fraction of sp³-hybridized carbons (Fsp3) is 0.900. The molecule has 11 heteroatoms. The van der Waals surface area contributed by atoms with Crippen LogP contribution < -0.4 is 0 Å². The zero-order valence-electron chi connectivity index (χ0n) is 48.1. The molecule has 0 rings (SSSR count). The van der Waals surface area contributed by atoms with E-state index in [0.717, 1.165) is 18.4 Å². The van der Waals surface area contributed by atoms with E-state index in [9.17, 15) is 56.2 Å². The summed E-state index contributed by atoms with van der Waals surface area (Å²) in [5, 5.41) is 120. The van der Waals surface area contributed by atoms with Crippen LogP contribution in [0.1, 0.15) is 283 Å². The second-order valence-corrected chi connectivity index (χ2v) is 26.2. The number of hydrogen-bond donors (Lipinski definition) is 11. The summed E-state index contributed by atoms with van der Waals surface area (Å²) in [5.41, 5.74) is -7.07. The topological polar surface area (TPSA) is 223 Å². The largest absolute Gasteiger partial charge is 0.390 e. The van der Waals surface area contributed by atoms with E-state index < -0.39 is 62.1 Å². The van der Waals surface area contributed by atoms with E-state index in [-0.39, 0.29) is 0 Å². The lowest BCUT2D eigenvalue weighted by Crippen LogP contribution is -2.39. The van der Waals surface area contributed by atoms with Gasteiger partial charge in [0, 0.05) is 0 Å². The Morgan fingerprint density at radius 1 is 0.366 bits per heavy atom. The molecule has 422 valence electrons. The summed E-state index contributed by atoms with van der Waals surface area (Å²) in [4.78, 5) is 0. The first kappa shape index (κ1) is 69.8. The molecule has 0 fully saturated rings. The second-order valence-electron chi connectivity index (χ2n) is 26.2. The van der Waals surface area contributed by atoms with Crippen molar-refractivity contribution in [2.24, 2.45) is 0 Å². The minimum atomic E-state index is -1.28. The van der Waals surface area contributed by atoms with Crippen LogP contribution in [0.2, 0.25) is 0 Å². The molecule has 0 aliphatic heterocycles. The normalized spacial score (nSPS) is 21.6. The summed E-state index contributed by atoms with van der Waals surface area (Å²) in [6.07, 6.45) is 22.2. The minimum absolute atomic E-state index is 0.350. The molecule has 11 atom stereocenters. The Balaban J connectivity index is 4.51. The molecule has 0 saturated carbocycles. The van der Waals surface area contributed by atoms with Crippen molar-refractivity contribution in [1.29, 1.82) is 0 Å². The van der Waals surface area contributed by atoms with Crippen LogP contribution >= 0.6 is 0 Å². The molecular weight excluding hydrogens is 897 g/mol. The summed E-state index contributed by atoms with van der Waals surface area (Å²) < 4.78 is 0. The van der Waals surface area contributed by atoms with Gasteiger partial charge in [-0.25, -0.2) is 0 Å². The molecule has 0 spiro atoms.